The van der Waals surface area contributed by atoms with Crippen LogP contribution in [0.15, 0.2) is 41.9 Å². The Labute approximate surface area is 236 Å². The van der Waals surface area contributed by atoms with E-state index in [1.54, 1.807) is 29.8 Å². The third kappa shape index (κ3) is 5.71. The highest BCUT2D eigenvalue weighted by molar-refractivity contribution is 7.13. The summed E-state index contributed by atoms with van der Waals surface area (Å²) in [4.78, 5) is 28.2. The number of halogens is 4. The molecule has 0 aliphatic carbocycles. The van der Waals surface area contributed by atoms with Gasteiger partial charge in [-0.25, -0.2) is 37.3 Å². The van der Waals surface area contributed by atoms with Gasteiger partial charge in [0.15, 0.2) is 5.82 Å². The number of hydrogen-bond acceptors (Lipinski definition) is 9. The summed E-state index contributed by atoms with van der Waals surface area (Å²) in [6.45, 7) is 0.424. The molecule has 2 saturated heterocycles. The van der Waals surface area contributed by atoms with E-state index in [0.29, 0.717) is 23.8 Å². The van der Waals surface area contributed by atoms with Crippen LogP contribution < -0.4 is 14.5 Å². The molecule has 216 valence electrons. The van der Waals surface area contributed by atoms with Crippen molar-refractivity contribution in [2.75, 3.05) is 42.6 Å². The summed E-state index contributed by atoms with van der Waals surface area (Å²) in [7, 11) is 0. The first-order chi connectivity index (χ1) is 19.7. The lowest BCUT2D eigenvalue weighted by atomic mass is 10.1. The number of alkyl halides is 4. The lowest BCUT2D eigenvalue weighted by Crippen LogP contribution is -2.37. The second-order valence-electron chi connectivity index (χ2n) is 10.0. The predicted octanol–water partition coefficient (Wildman–Crippen LogP) is 4.91. The number of hydrogen-bond donors (Lipinski definition) is 1. The molecule has 6 rings (SSSR count). The largest absolute Gasteiger partial charge is 0.480 e. The van der Waals surface area contributed by atoms with Crippen LogP contribution in [0.5, 0.6) is 5.88 Å². The zero-order chi connectivity index (χ0) is 28.7. The summed E-state index contributed by atoms with van der Waals surface area (Å²) in [5, 5.41) is 11.8. The molecule has 1 N–H and O–H groups in total. The highest BCUT2D eigenvalue weighted by atomic mass is 32.1. The second-order valence-corrected chi connectivity index (χ2v) is 11.0. The molecule has 0 aromatic carbocycles. The quantitative estimate of drug-likeness (QED) is 0.367. The van der Waals surface area contributed by atoms with Crippen LogP contribution >= 0.6 is 11.3 Å². The Bertz CT molecular complexity index is 1470. The summed E-state index contributed by atoms with van der Waals surface area (Å²) in [6, 6.07) is 5.57. The van der Waals surface area contributed by atoms with Crippen LogP contribution in [0.4, 0.5) is 29.1 Å². The third-order valence-corrected chi connectivity index (χ3v) is 8.13. The normalized spacial score (nSPS) is 22.0. The van der Waals surface area contributed by atoms with Gasteiger partial charge in [-0.3, -0.25) is 0 Å². The van der Waals surface area contributed by atoms with E-state index >= 15 is 0 Å². The van der Waals surface area contributed by atoms with Crippen molar-refractivity contribution in [3.05, 3.63) is 53.3 Å². The van der Waals surface area contributed by atoms with Gasteiger partial charge in [-0.2, -0.15) is 0 Å². The third-order valence-electron chi connectivity index (χ3n) is 7.24. The SMILES string of the molecule is O=C(O)[C@@H]1C[C@H](Oc2ncc(C3=CCOC3)cc2N2CCC(F)(F)C2)CN1c1cc(-c2cccs2)nc(C(F)F)n1. The Morgan fingerprint density at radius 3 is 2.78 bits per heavy atom. The number of thiophene rings is 1. The Hall–Kier alpha value is -3.78. The molecular formula is C27H25F4N5O4S. The number of anilines is 2. The molecule has 0 saturated carbocycles. The maximum atomic E-state index is 14.2. The second kappa shape index (κ2) is 10.9. The number of carboxylic acids is 1. The van der Waals surface area contributed by atoms with E-state index in [4.69, 9.17) is 9.47 Å². The summed E-state index contributed by atoms with van der Waals surface area (Å²) in [5.74, 6) is -4.62. The van der Waals surface area contributed by atoms with E-state index in [2.05, 4.69) is 15.0 Å². The molecule has 0 radical (unpaired) electrons. The van der Waals surface area contributed by atoms with Crippen molar-refractivity contribution in [2.45, 2.75) is 37.3 Å². The zero-order valence-corrected chi connectivity index (χ0v) is 22.4. The maximum absolute atomic E-state index is 14.2. The first-order valence-electron chi connectivity index (χ1n) is 12.9. The first-order valence-corrected chi connectivity index (χ1v) is 13.8. The molecule has 0 amide bonds. The lowest BCUT2D eigenvalue weighted by Gasteiger charge is -2.24. The van der Waals surface area contributed by atoms with Crippen LogP contribution in [0.1, 0.15) is 30.7 Å². The molecule has 2 fully saturated rings. The van der Waals surface area contributed by atoms with Gasteiger partial charge < -0.3 is 24.4 Å². The molecule has 9 nitrogen and oxygen atoms in total. The van der Waals surface area contributed by atoms with Gasteiger partial charge in [0.2, 0.25) is 5.88 Å². The van der Waals surface area contributed by atoms with Crippen LogP contribution in [0.2, 0.25) is 0 Å². The van der Waals surface area contributed by atoms with Crippen molar-refractivity contribution >= 4 is 34.4 Å². The fourth-order valence-corrected chi connectivity index (χ4v) is 5.93. The Morgan fingerprint density at radius 1 is 1.27 bits per heavy atom. The highest BCUT2D eigenvalue weighted by Gasteiger charge is 2.42. The Balaban J connectivity index is 1.31. The smallest absolute Gasteiger partial charge is 0.326 e. The number of aromatic nitrogens is 3. The predicted molar refractivity (Wildman–Crippen MR) is 143 cm³/mol. The molecule has 3 aromatic rings. The molecule has 0 spiro atoms. The van der Waals surface area contributed by atoms with E-state index in [9.17, 15) is 27.5 Å². The number of carboxylic acid groups (broad SMARTS) is 1. The standard InChI is InChI=1S/C27H25F4N5O4S/c28-23(29)24-33-18(21-2-1-7-41-21)10-22(34-24)36-12-17(9-20(36)26(37)38)40-25-19(35-5-4-27(30,31)14-35)8-16(11-32-25)15-3-6-39-13-15/h1-3,7-8,10-11,17,20,23H,4-6,9,12-14H2,(H,37,38)/t17-,20-/m0/s1. The summed E-state index contributed by atoms with van der Waals surface area (Å²) < 4.78 is 67.3. The fourth-order valence-electron chi connectivity index (χ4n) is 5.24. The average Bonchev–Trinajstić information content (AvgIpc) is 3.76. The molecule has 0 bridgehead atoms. The molecule has 2 atom stereocenters. The summed E-state index contributed by atoms with van der Waals surface area (Å²) in [5.41, 5.74) is 2.24. The molecule has 14 heteroatoms. The van der Waals surface area contributed by atoms with Gasteiger partial charge in [0.1, 0.15) is 23.7 Å². The van der Waals surface area contributed by atoms with Crippen molar-refractivity contribution in [3.63, 3.8) is 0 Å². The Morgan fingerprint density at radius 2 is 2.12 bits per heavy atom. The van der Waals surface area contributed by atoms with Gasteiger partial charge in [0.05, 0.1) is 36.9 Å². The minimum Gasteiger partial charge on any atom is -0.480 e. The van der Waals surface area contributed by atoms with E-state index < -0.39 is 42.8 Å². The van der Waals surface area contributed by atoms with Gasteiger partial charge in [-0.05, 0) is 23.1 Å². The van der Waals surface area contributed by atoms with Crippen molar-refractivity contribution in [3.8, 4) is 16.5 Å². The molecule has 3 aliphatic rings. The van der Waals surface area contributed by atoms with Crippen LogP contribution in [0.3, 0.4) is 0 Å². The van der Waals surface area contributed by atoms with Crippen LogP contribution in [-0.4, -0.2) is 76.9 Å². The van der Waals surface area contributed by atoms with Crippen molar-refractivity contribution in [1.29, 1.82) is 0 Å². The molecule has 3 aromatic heterocycles. The first kappa shape index (κ1) is 27.4. The van der Waals surface area contributed by atoms with Crippen molar-refractivity contribution < 1.29 is 36.9 Å². The van der Waals surface area contributed by atoms with E-state index in [-0.39, 0.29) is 43.3 Å². The number of carbonyl (C=O) groups is 1. The number of pyridine rings is 1. The van der Waals surface area contributed by atoms with E-state index in [1.807, 2.05) is 6.08 Å². The number of ether oxygens (including phenoxy) is 2. The average molecular weight is 592 g/mol. The molecule has 6 heterocycles. The molecular weight excluding hydrogens is 566 g/mol. The summed E-state index contributed by atoms with van der Waals surface area (Å²) in [6.07, 6.45) is -0.548. The minimum absolute atomic E-state index is 0.00143. The van der Waals surface area contributed by atoms with E-state index in [0.717, 1.165) is 11.1 Å². The molecule has 41 heavy (non-hydrogen) atoms. The van der Waals surface area contributed by atoms with Gasteiger partial charge in [-0.1, -0.05) is 12.1 Å². The molecule has 0 unspecified atom stereocenters. The van der Waals surface area contributed by atoms with Crippen molar-refractivity contribution in [1.82, 2.24) is 15.0 Å². The van der Waals surface area contributed by atoms with Crippen LogP contribution in [0, 0.1) is 0 Å². The van der Waals surface area contributed by atoms with Gasteiger partial charge in [0.25, 0.3) is 12.3 Å². The highest BCUT2D eigenvalue weighted by Crippen LogP contribution is 2.39. The number of rotatable bonds is 8. The minimum atomic E-state index is -2.96. The van der Waals surface area contributed by atoms with Gasteiger partial charge >= 0.3 is 5.97 Å². The monoisotopic (exact) mass is 591 g/mol. The number of nitrogens with zero attached hydrogens (tertiary/aromatic N) is 5. The topological polar surface area (TPSA) is 101 Å². The van der Waals surface area contributed by atoms with Crippen LogP contribution in [-0.2, 0) is 9.53 Å². The van der Waals surface area contributed by atoms with Gasteiger partial charge in [0, 0.05) is 37.2 Å². The summed E-state index contributed by atoms with van der Waals surface area (Å²) >= 11 is 1.31. The zero-order valence-electron chi connectivity index (χ0n) is 21.6. The lowest BCUT2D eigenvalue weighted by molar-refractivity contribution is -0.138. The molecule has 3 aliphatic heterocycles. The number of aliphatic carboxylic acids is 1. The Kier molecular flexibility index (Phi) is 7.28. The van der Waals surface area contributed by atoms with Crippen LogP contribution in [0.25, 0.3) is 16.1 Å². The van der Waals surface area contributed by atoms with Crippen molar-refractivity contribution in [2.24, 2.45) is 0 Å². The fraction of sp³-hybridized carbons (Fsp3) is 0.407. The van der Waals surface area contributed by atoms with Gasteiger partial charge in [-0.15, -0.1) is 11.3 Å². The maximum Gasteiger partial charge on any atom is 0.326 e. The van der Waals surface area contributed by atoms with E-state index in [1.165, 1.54) is 27.2 Å².